The van der Waals surface area contributed by atoms with Gasteiger partial charge < -0.3 is 0 Å². The number of thioether (sulfide) groups is 1. The fourth-order valence-electron chi connectivity index (χ4n) is 1.68. The summed E-state index contributed by atoms with van der Waals surface area (Å²) in [5.41, 5.74) is -1.59. The monoisotopic (exact) mass is 264 g/mol. The van der Waals surface area contributed by atoms with Crippen molar-refractivity contribution in [3.63, 3.8) is 0 Å². The maximum atomic E-state index is 13.2. The van der Waals surface area contributed by atoms with Crippen LogP contribution in [0.4, 0.5) is 4.39 Å². The number of halogens is 2. The summed E-state index contributed by atoms with van der Waals surface area (Å²) in [7, 11) is 0. The molecule has 0 aliphatic carbocycles. The van der Waals surface area contributed by atoms with E-state index in [-0.39, 0.29) is 11.8 Å². The Bertz CT molecular complexity index is 507. The van der Waals surface area contributed by atoms with Crippen LogP contribution in [-0.2, 0) is 6.54 Å². The first kappa shape index (κ1) is 11.7. The number of H-pyrrole nitrogens is 1. The van der Waals surface area contributed by atoms with Gasteiger partial charge in [0, 0.05) is 11.8 Å². The SMILES string of the molecule is O=c1[nH]c(Cl)c(F)c(=O)n1CC1CCCS1. The van der Waals surface area contributed by atoms with Crippen molar-refractivity contribution in [3.05, 3.63) is 31.8 Å². The second-order valence-electron chi connectivity index (χ2n) is 3.61. The summed E-state index contributed by atoms with van der Waals surface area (Å²) in [5.74, 6) is -0.0721. The van der Waals surface area contributed by atoms with Gasteiger partial charge in [-0.1, -0.05) is 11.6 Å². The van der Waals surface area contributed by atoms with E-state index in [9.17, 15) is 14.0 Å². The van der Waals surface area contributed by atoms with E-state index in [2.05, 4.69) is 4.98 Å². The second kappa shape index (κ2) is 4.63. The Morgan fingerprint density at radius 2 is 2.31 bits per heavy atom. The van der Waals surface area contributed by atoms with E-state index >= 15 is 0 Å². The third-order valence-electron chi connectivity index (χ3n) is 2.50. The molecule has 0 bridgehead atoms. The summed E-state index contributed by atoms with van der Waals surface area (Å²) in [4.78, 5) is 25.0. The van der Waals surface area contributed by atoms with Gasteiger partial charge in [-0.05, 0) is 18.6 Å². The third kappa shape index (κ3) is 2.17. The maximum absolute atomic E-state index is 13.2. The van der Waals surface area contributed by atoms with Crippen molar-refractivity contribution in [2.24, 2.45) is 0 Å². The fraction of sp³-hybridized carbons (Fsp3) is 0.556. The lowest BCUT2D eigenvalue weighted by Gasteiger charge is -2.10. The molecule has 7 heteroatoms. The Morgan fingerprint density at radius 3 is 2.94 bits per heavy atom. The first-order valence-electron chi connectivity index (χ1n) is 4.89. The molecule has 1 fully saturated rings. The van der Waals surface area contributed by atoms with E-state index in [4.69, 9.17) is 11.6 Å². The highest BCUT2D eigenvalue weighted by atomic mass is 35.5. The van der Waals surface area contributed by atoms with Gasteiger partial charge in [-0.15, -0.1) is 0 Å². The Balaban J connectivity index is 2.37. The molecular formula is C9H10ClFN2O2S. The smallest absolute Gasteiger partial charge is 0.295 e. The Kier molecular flexibility index (Phi) is 3.39. The predicted molar refractivity (Wildman–Crippen MR) is 61.8 cm³/mol. The van der Waals surface area contributed by atoms with Crippen molar-refractivity contribution >= 4 is 23.4 Å². The summed E-state index contributed by atoms with van der Waals surface area (Å²) >= 11 is 7.06. The highest BCUT2D eigenvalue weighted by molar-refractivity contribution is 8.00. The quantitative estimate of drug-likeness (QED) is 0.818. The van der Waals surface area contributed by atoms with Crippen LogP contribution in [-0.4, -0.2) is 20.6 Å². The van der Waals surface area contributed by atoms with Gasteiger partial charge in [0.05, 0.1) is 0 Å². The van der Waals surface area contributed by atoms with Gasteiger partial charge in [0.2, 0.25) is 5.82 Å². The van der Waals surface area contributed by atoms with Gasteiger partial charge in [-0.25, -0.2) is 4.79 Å². The highest BCUT2D eigenvalue weighted by Crippen LogP contribution is 2.26. The average molecular weight is 265 g/mol. The molecule has 1 N–H and O–H groups in total. The van der Waals surface area contributed by atoms with Gasteiger partial charge in [0.1, 0.15) is 0 Å². The molecule has 1 aliphatic rings. The molecule has 1 saturated heterocycles. The van der Waals surface area contributed by atoms with Crippen LogP contribution in [0, 0.1) is 5.82 Å². The van der Waals surface area contributed by atoms with Gasteiger partial charge in [-0.2, -0.15) is 16.2 Å². The second-order valence-corrected chi connectivity index (χ2v) is 5.40. The minimum atomic E-state index is -1.09. The van der Waals surface area contributed by atoms with Crippen LogP contribution < -0.4 is 11.2 Å². The van der Waals surface area contributed by atoms with Crippen LogP contribution in [0.25, 0.3) is 0 Å². The van der Waals surface area contributed by atoms with E-state index in [0.717, 1.165) is 23.2 Å². The molecule has 2 heterocycles. The number of hydrogen-bond donors (Lipinski definition) is 1. The first-order chi connectivity index (χ1) is 7.59. The molecule has 1 unspecified atom stereocenters. The molecular weight excluding hydrogens is 255 g/mol. The largest absolute Gasteiger partial charge is 0.329 e. The van der Waals surface area contributed by atoms with Crippen LogP contribution in [0.15, 0.2) is 9.59 Å². The molecule has 16 heavy (non-hydrogen) atoms. The molecule has 0 aromatic carbocycles. The molecule has 0 saturated carbocycles. The summed E-state index contributed by atoms with van der Waals surface area (Å²) in [6, 6.07) is 0. The molecule has 88 valence electrons. The zero-order valence-electron chi connectivity index (χ0n) is 8.33. The minimum Gasteiger partial charge on any atom is -0.295 e. The number of nitrogens with one attached hydrogen (secondary N) is 1. The molecule has 1 aliphatic heterocycles. The van der Waals surface area contributed by atoms with Crippen LogP contribution in [0.2, 0.25) is 5.15 Å². The summed E-state index contributed by atoms with van der Waals surface area (Å²) in [6.07, 6.45) is 2.01. The number of rotatable bonds is 2. The Morgan fingerprint density at radius 1 is 1.56 bits per heavy atom. The average Bonchev–Trinajstić information content (AvgIpc) is 2.74. The highest BCUT2D eigenvalue weighted by Gasteiger charge is 2.20. The number of hydrogen-bond acceptors (Lipinski definition) is 3. The van der Waals surface area contributed by atoms with Gasteiger partial charge >= 0.3 is 5.69 Å². The molecule has 0 amide bonds. The minimum absolute atomic E-state index is 0.208. The van der Waals surface area contributed by atoms with Crippen molar-refractivity contribution in [1.29, 1.82) is 0 Å². The van der Waals surface area contributed by atoms with Crippen LogP contribution in [0.1, 0.15) is 12.8 Å². The lowest BCUT2D eigenvalue weighted by molar-refractivity contribution is 0.527. The zero-order valence-corrected chi connectivity index (χ0v) is 9.91. The summed E-state index contributed by atoms with van der Waals surface area (Å²) < 4.78 is 14.1. The predicted octanol–water partition coefficient (Wildman–Crippen LogP) is 1.22. The molecule has 0 radical (unpaired) electrons. The van der Waals surface area contributed by atoms with E-state index < -0.39 is 22.2 Å². The molecule has 0 spiro atoms. The number of nitrogens with zero attached hydrogens (tertiary/aromatic N) is 1. The first-order valence-corrected chi connectivity index (χ1v) is 6.32. The Labute approximate surface area is 99.8 Å². The zero-order chi connectivity index (χ0) is 11.7. The van der Waals surface area contributed by atoms with Gasteiger partial charge in [-0.3, -0.25) is 14.3 Å². The van der Waals surface area contributed by atoms with Crippen molar-refractivity contribution in [3.8, 4) is 0 Å². The standard InChI is InChI=1S/C9H10ClFN2O2S/c10-7-6(11)8(14)13(9(15)12-7)4-5-2-1-3-16-5/h5H,1-4H2,(H,12,15). The van der Waals surface area contributed by atoms with Crippen molar-refractivity contribution in [2.45, 2.75) is 24.6 Å². The van der Waals surface area contributed by atoms with Gasteiger partial charge in [0.15, 0.2) is 5.15 Å². The lowest BCUT2D eigenvalue weighted by Crippen LogP contribution is -2.39. The normalized spacial score (nSPS) is 20.2. The fourth-order valence-corrected chi connectivity index (χ4v) is 3.09. The van der Waals surface area contributed by atoms with Crippen molar-refractivity contribution in [1.82, 2.24) is 9.55 Å². The molecule has 4 nitrogen and oxygen atoms in total. The van der Waals surface area contributed by atoms with E-state index in [1.165, 1.54) is 0 Å². The van der Waals surface area contributed by atoms with E-state index in [1.807, 2.05) is 0 Å². The number of aromatic amines is 1. The summed E-state index contributed by atoms with van der Waals surface area (Å²) in [5, 5.41) is -0.315. The third-order valence-corrected chi connectivity index (χ3v) is 4.14. The van der Waals surface area contributed by atoms with Crippen molar-refractivity contribution in [2.75, 3.05) is 5.75 Å². The molecule has 1 aromatic rings. The van der Waals surface area contributed by atoms with Crippen molar-refractivity contribution < 1.29 is 4.39 Å². The van der Waals surface area contributed by atoms with Gasteiger partial charge in [0.25, 0.3) is 5.56 Å². The van der Waals surface area contributed by atoms with Crippen LogP contribution >= 0.6 is 23.4 Å². The number of aromatic nitrogens is 2. The van der Waals surface area contributed by atoms with Crippen LogP contribution in [0.5, 0.6) is 0 Å². The van der Waals surface area contributed by atoms with E-state index in [1.54, 1.807) is 11.8 Å². The topological polar surface area (TPSA) is 54.9 Å². The lowest BCUT2D eigenvalue weighted by atomic mass is 10.2. The van der Waals surface area contributed by atoms with Crippen LogP contribution in [0.3, 0.4) is 0 Å². The summed E-state index contributed by atoms with van der Waals surface area (Å²) in [6.45, 7) is 0.243. The molecule has 2 rings (SSSR count). The molecule has 1 atom stereocenters. The molecule has 1 aromatic heterocycles. The maximum Gasteiger partial charge on any atom is 0.329 e. The van der Waals surface area contributed by atoms with E-state index in [0.29, 0.717) is 0 Å². The Hall–Kier alpha value is -0.750.